The number of benzene rings is 1. The van der Waals surface area contributed by atoms with Crippen molar-refractivity contribution in [3.63, 3.8) is 0 Å². The fraction of sp³-hybridized carbons (Fsp3) is 0.458. The van der Waals surface area contributed by atoms with Crippen LogP contribution in [0.15, 0.2) is 42.9 Å². The van der Waals surface area contributed by atoms with E-state index in [1.165, 1.54) is 48.9 Å². The minimum atomic E-state index is 0.223. The van der Waals surface area contributed by atoms with Crippen molar-refractivity contribution in [2.45, 2.75) is 64.2 Å². The zero-order valence-corrected chi connectivity index (χ0v) is 16.7. The molecule has 1 aliphatic rings. The van der Waals surface area contributed by atoms with Crippen LogP contribution in [0, 0.1) is 0 Å². The van der Waals surface area contributed by atoms with Gasteiger partial charge in [0.05, 0.1) is 5.69 Å². The van der Waals surface area contributed by atoms with Gasteiger partial charge in [-0.1, -0.05) is 38.3 Å². The van der Waals surface area contributed by atoms with E-state index in [9.17, 15) is 5.11 Å². The second kappa shape index (κ2) is 8.78. The van der Waals surface area contributed by atoms with Crippen LogP contribution < -0.4 is 4.84 Å². The van der Waals surface area contributed by atoms with Gasteiger partial charge in [0, 0.05) is 41.9 Å². The van der Waals surface area contributed by atoms with E-state index in [1.54, 1.807) is 0 Å². The van der Waals surface area contributed by atoms with Crippen molar-refractivity contribution in [2.24, 2.45) is 0 Å². The lowest BCUT2D eigenvalue weighted by Crippen LogP contribution is -2.14. The number of aliphatic hydroxyl groups excluding tert-OH is 1. The van der Waals surface area contributed by atoms with E-state index >= 15 is 0 Å². The topological polar surface area (TPSA) is 47.3 Å². The highest BCUT2D eigenvalue weighted by molar-refractivity contribution is 5.90. The Morgan fingerprint density at radius 1 is 1.18 bits per heavy atom. The largest absolute Gasteiger partial charge is 0.396 e. The summed E-state index contributed by atoms with van der Waals surface area (Å²) in [4.78, 5) is 10.9. The average molecular weight is 379 g/mol. The van der Waals surface area contributed by atoms with Gasteiger partial charge in [-0.2, -0.15) is 4.73 Å². The third-order valence-corrected chi connectivity index (χ3v) is 5.92. The molecule has 0 amide bonds. The Balaban J connectivity index is 1.72. The van der Waals surface area contributed by atoms with Crippen molar-refractivity contribution in [1.29, 1.82) is 0 Å². The Morgan fingerprint density at radius 2 is 2.04 bits per heavy atom. The molecule has 0 unspecified atom stereocenters. The van der Waals surface area contributed by atoms with Crippen LogP contribution >= 0.6 is 0 Å². The summed E-state index contributed by atoms with van der Waals surface area (Å²) in [6.45, 7) is 2.38. The maximum absolute atomic E-state index is 9.22. The molecule has 0 saturated heterocycles. The highest BCUT2D eigenvalue weighted by Gasteiger charge is 2.21. The van der Waals surface area contributed by atoms with Gasteiger partial charge in [-0.15, -0.1) is 0 Å². The zero-order valence-electron chi connectivity index (χ0n) is 16.7. The summed E-state index contributed by atoms with van der Waals surface area (Å²) in [5.41, 5.74) is 3.73. The molecule has 0 aliphatic heterocycles. The molecule has 4 heteroatoms. The van der Waals surface area contributed by atoms with Crippen molar-refractivity contribution < 1.29 is 9.94 Å². The van der Waals surface area contributed by atoms with Gasteiger partial charge in [0.2, 0.25) is 0 Å². The number of rotatable bonds is 7. The second-order valence-electron chi connectivity index (χ2n) is 7.86. The molecule has 0 spiro atoms. The molecule has 148 valence electrons. The lowest BCUT2D eigenvalue weighted by atomic mass is 9.87. The van der Waals surface area contributed by atoms with Crippen LogP contribution in [0.1, 0.15) is 68.2 Å². The van der Waals surface area contributed by atoms with E-state index in [4.69, 9.17) is 4.84 Å². The van der Waals surface area contributed by atoms with Gasteiger partial charge in [0.25, 0.3) is 0 Å². The van der Waals surface area contributed by atoms with Crippen molar-refractivity contribution >= 4 is 10.8 Å². The van der Waals surface area contributed by atoms with Gasteiger partial charge in [0.1, 0.15) is 0 Å². The fourth-order valence-corrected chi connectivity index (χ4v) is 4.43. The molecule has 0 bridgehead atoms. The fourth-order valence-electron chi connectivity index (χ4n) is 4.43. The minimum absolute atomic E-state index is 0.223. The zero-order chi connectivity index (χ0) is 19.3. The average Bonchev–Trinajstić information content (AvgIpc) is 3.15. The Kier molecular flexibility index (Phi) is 5.96. The first-order chi connectivity index (χ1) is 13.8. The number of aliphatic hydroxyl groups is 1. The lowest BCUT2D eigenvalue weighted by Gasteiger charge is -2.23. The third kappa shape index (κ3) is 3.93. The quantitative estimate of drug-likeness (QED) is 0.598. The maximum atomic E-state index is 9.22. The molecule has 4 rings (SSSR count). The second-order valence-corrected chi connectivity index (χ2v) is 7.86. The number of nitrogens with zero attached hydrogens (tertiary/aromatic N) is 2. The summed E-state index contributed by atoms with van der Waals surface area (Å²) in [7, 11) is 0. The van der Waals surface area contributed by atoms with Crippen LogP contribution in [-0.4, -0.2) is 21.4 Å². The Labute approximate surface area is 167 Å². The van der Waals surface area contributed by atoms with Crippen molar-refractivity contribution in [3.05, 3.63) is 59.7 Å². The maximum Gasteiger partial charge on any atom is 0.164 e. The van der Waals surface area contributed by atoms with E-state index in [1.807, 2.05) is 23.2 Å². The number of pyridine rings is 1. The molecule has 1 N–H and O–H groups in total. The molecule has 1 aliphatic carbocycles. The van der Waals surface area contributed by atoms with E-state index < -0.39 is 0 Å². The number of hydrogen-bond acceptors (Lipinski definition) is 3. The molecule has 0 radical (unpaired) electrons. The van der Waals surface area contributed by atoms with E-state index in [0.29, 0.717) is 5.92 Å². The molecule has 2 heterocycles. The van der Waals surface area contributed by atoms with E-state index in [2.05, 4.69) is 36.3 Å². The van der Waals surface area contributed by atoms with Crippen LogP contribution in [0.2, 0.25) is 0 Å². The summed E-state index contributed by atoms with van der Waals surface area (Å²) in [5.74, 6) is 1.44. The molecule has 1 aromatic carbocycles. The van der Waals surface area contributed by atoms with Crippen LogP contribution in [-0.2, 0) is 12.8 Å². The van der Waals surface area contributed by atoms with Crippen LogP contribution in [0.3, 0.4) is 0 Å². The van der Waals surface area contributed by atoms with Gasteiger partial charge in [-0.3, -0.25) is 4.98 Å². The van der Waals surface area contributed by atoms with Gasteiger partial charge >= 0.3 is 0 Å². The van der Waals surface area contributed by atoms with Crippen LogP contribution in [0.25, 0.3) is 10.8 Å². The predicted molar refractivity (Wildman–Crippen MR) is 113 cm³/mol. The predicted octanol–water partition coefficient (Wildman–Crippen LogP) is 5.41. The molecule has 0 atom stereocenters. The molecule has 28 heavy (non-hydrogen) atoms. The Hall–Kier alpha value is -2.33. The SMILES string of the molecule is CCc1cncc2cccc(On3cc(CCCO)cc3C3CCCCC3)c12. The van der Waals surface area contributed by atoms with Gasteiger partial charge < -0.3 is 9.94 Å². The van der Waals surface area contributed by atoms with Gasteiger partial charge in [-0.05, 0) is 55.4 Å². The summed E-state index contributed by atoms with van der Waals surface area (Å²) >= 11 is 0. The number of aryl methyl sites for hydroxylation is 2. The number of fused-ring (bicyclic) bond motifs is 1. The van der Waals surface area contributed by atoms with Crippen molar-refractivity contribution in [2.75, 3.05) is 6.61 Å². The molecule has 1 saturated carbocycles. The van der Waals surface area contributed by atoms with Gasteiger partial charge in [-0.25, -0.2) is 0 Å². The molecule has 2 aromatic heterocycles. The highest BCUT2D eigenvalue weighted by Crippen LogP contribution is 2.35. The third-order valence-electron chi connectivity index (χ3n) is 5.92. The Bertz CT molecular complexity index is 920. The first kappa shape index (κ1) is 19.0. The van der Waals surface area contributed by atoms with E-state index in [0.717, 1.165) is 35.8 Å². The highest BCUT2D eigenvalue weighted by atomic mass is 16.7. The molecule has 3 aromatic rings. The lowest BCUT2D eigenvalue weighted by molar-refractivity contribution is 0.200. The summed E-state index contributed by atoms with van der Waals surface area (Å²) in [6, 6.07) is 8.48. The molecular weight excluding hydrogens is 348 g/mol. The number of aromatic nitrogens is 2. The summed E-state index contributed by atoms with van der Waals surface area (Å²) in [6.07, 6.45) is 14.9. The van der Waals surface area contributed by atoms with E-state index in [-0.39, 0.29) is 6.61 Å². The van der Waals surface area contributed by atoms with Gasteiger partial charge in [0.15, 0.2) is 5.75 Å². The molecular formula is C24H30N2O2. The first-order valence-electron chi connectivity index (χ1n) is 10.7. The van der Waals surface area contributed by atoms with Crippen LogP contribution in [0.5, 0.6) is 5.75 Å². The standard InChI is InChI=1S/C24H30N2O2/c1-2-19-15-25-16-21-11-6-12-23(24(19)21)28-26-17-18(8-7-13-27)14-22(26)20-9-4-3-5-10-20/h6,11-12,14-17,20,27H,2-5,7-10,13H2,1H3. The smallest absolute Gasteiger partial charge is 0.164 e. The normalized spacial score (nSPS) is 15.2. The first-order valence-corrected chi connectivity index (χ1v) is 10.7. The van der Waals surface area contributed by atoms with Crippen LogP contribution in [0.4, 0.5) is 0 Å². The summed E-state index contributed by atoms with van der Waals surface area (Å²) in [5, 5.41) is 11.5. The van der Waals surface area contributed by atoms with Crippen molar-refractivity contribution in [3.8, 4) is 5.75 Å². The summed E-state index contributed by atoms with van der Waals surface area (Å²) < 4.78 is 2.00. The molecule has 1 fully saturated rings. The Morgan fingerprint density at radius 3 is 2.82 bits per heavy atom. The minimum Gasteiger partial charge on any atom is -0.396 e. The molecule has 4 nitrogen and oxygen atoms in total. The number of hydrogen-bond donors (Lipinski definition) is 1. The monoisotopic (exact) mass is 378 g/mol. The van der Waals surface area contributed by atoms with Crippen molar-refractivity contribution in [1.82, 2.24) is 9.71 Å².